The molecule has 0 bridgehead atoms. The molecule has 0 N–H and O–H groups in total. The predicted octanol–water partition coefficient (Wildman–Crippen LogP) is 3.83. The monoisotopic (exact) mass is 238 g/mol. The lowest BCUT2D eigenvalue weighted by Gasteiger charge is -2.13. The van der Waals surface area contributed by atoms with Crippen molar-refractivity contribution >= 4 is 6.29 Å². The smallest absolute Gasteiger partial charge is 0.127 e. The fraction of sp³-hybridized carbons (Fsp3) is 0.235. The number of hydrogen-bond acceptors (Lipinski definition) is 1. The Morgan fingerprint density at radius 2 is 1.83 bits per heavy atom. The van der Waals surface area contributed by atoms with Gasteiger partial charge in [-0.1, -0.05) is 54.1 Å². The summed E-state index contributed by atoms with van der Waals surface area (Å²) in [6, 6.07) is 16.5. The Morgan fingerprint density at radius 3 is 2.50 bits per heavy atom. The molecule has 0 saturated carbocycles. The number of carbonyl (C=O) groups excluding carboxylic acids is 1. The van der Waals surface area contributed by atoms with Gasteiger partial charge in [0.25, 0.3) is 0 Å². The zero-order valence-corrected chi connectivity index (χ0v) is 10.9. The first kappa shape index (κ1) is 12.6. The van der Waals surface area contributed by atoms with E-state index in [-0.39, 0.29) is 5.92 Å². The summed E-state index contributed by atoms with van der Waals surface area (Å²) in [5.41, 5.74) is 4.77. The zero-order chi connectivity index (χ0) is 13.0. The number of hydrogen-bond donors (Lipinski definition) is 0. The lowest BCUT2D eigenvalue weighted by atomic mass is 9.90. The fourth-order valence-electron chi connectivity index (χ4n) is 2.33. The van der Waals surface area contributed by atoms with E-state index in [1.807, 2.05) is 24.3 Å². The maximum atomic E-state index is 11.3. The highest BCUT2D eigenvalue weighted by molar-refractivity contribution is 5.64. The Balaban J connectivity index is 2.25. The van der Waals surface area contributed by atoms with Crippen LogP contribution in [0.15, 0.2) is 48.5 Å². The van der Waals surface area contributed by atoms with Gasteiger partial charge in [-0.25, -0.2) is 0 Å². The van der Waals surface area contributed by atoms with E-state index in [0.29, 0.717) is 0 Å². The van der Waals surface area contributed by atoms with Crippen molar-refractivity contribution in [2.75, 3.05) is 0 Å². The van der Waals surface area contributed by atoms with Gasteiger partial charge in [0.05, 0.1) is 0 Å². The van der Waals surface area contributed by atoms with E-state index in [1.54, 1.807) is 0 Å². The van der Waals surface area contributed by atoms with E-state index in [2.05, 4.69) is 38.1 Å². The standard InChI is InChI=1S/C17H18O/c1-13-6-5-8-15(10-13)11-16(12-18)17-9-4-3-7-14(17)2/h3-10,12,16H,11H2,1-2H3. The molecule has 2 rings (SSSR count). The molecule has 0 fully saturated rings. The molecule has 1 heteroatoms. The SMILES string of the molecule is Cc1cccc(CC(C=O)c2ccccc2C)c1. The van der Waals surface area contributed by atoms with Crippen molar-refractivity contribution in [2.24, 2.45) is 0 Å². The molecular weight excluding hydrogens is 220 g/mol. The van der Waals surface area contributed by atoms with Crippen LogP contribution in [0.3, 0.4) is 0 Å². The van der Waals surface area contributed by atoms with Gasteiger partial charge in [-0.3, -0.25) is 0 Å². The molecule has 0 amide bonds. The molecule has 1 unspecified atom stereocenters. The summed E-state index contributed by atoms with van der Waals surface area (Å²) in [5.74, 6) is -0.0481. The van der Waals surface area contributed by atoms with Crippen molar-refractivity contribution in [3.63, 3.8) is 0 Å². The second-order valence-electron chi connectivity index (χ2n) is 4.79. The predicted molar refractivity (Wildman–Crippen MR) is 74.9 cm³/mol. The Hall–Kier alpha value is -1.89. The number of aryl methyl sites for hydroxylation is 2. The van der Waals surface area contributed by atoms with Crippen LogP contribution in [0.5, 0.6) is 0 Å². The van der Waals surface area contributed by atoms with Gasteiger partial charge >= 0.3 is 0 Å². The number of aldehydes is 1. The maximum Gasteiger partial charge on any atom is 0.127 e. The normalized spacial score (nSPS) is 12.1. The van der Waals surface area contributed by atoms with Crippen molar-refractivity contribution in [1.82, 2.24) is 0 Å². The molecule has 1 nitrogen and oxygen atoms in total. The third kappa shape index (κ3) is 2.86. The molecule has 0 spiro atoms. The molecule has 0 saturated heterocycles. The van der Waals surface area contributed by atoms with Crippen molar-refractivity contribution in [1.29, 1.82) is 0 Å². The van der Waals surface area contributed by atoms with Crippen LogP contribution in [0.1, 0.15) is 28.2 Å². The average Bonchev–Trinajstić information content (AvgIpc) is 2.37. The van der Waals surface area contributed by atoms with Crippen LogP contribution >= 0.6 is 0 Å². The molecule has 18 heavy (non-hydrogen) atoms. The van der Waals surface area contributed by atoms with E-state index >= 15 is 0 Å². The van der Waals surface area contributed by atoms with Crippen molar-refractivity contribution in [2.45, 2.75) is 26.2 Å². The van der Waals surface area contributed by atoms with E-state index in [0.717, 1.165) is 18.3 Å². The molecule has 0 heterocycles. The van der Waals surface area contributed by atoms with Gasteiger partial charge in [0.2, 0.25) is 0 Å². The summed E-state index contributed by atoms with van der Waals surface area (Å²) in [7, 11) is 0. The Morgan fingerprint density at radius 1 is 1.06 bits per heavy atom. The highest BCUT2D eigenvalue weighted by Crippen LogP contribution is 2.22. The molecule has 0 aliphatic heterocycles. The zero-order valence-electron chi connectivity index (χ0n) is 10.9. The van der Waals surface area contributed by atoms with Gasteiger partial charge in [0.15, 0.2) is 0 Å². The minimum absolute atomic E-state index is 0.0481. The fourth-order valence-corrected chi connectivity index (χ4v) is 2.33. The minimum atomic E-state index is -0.0481. The number of benzene rings is 2. The van der Waals surface area contributed by atoms with Crippen LogP contribution in [0.4, 0.5) is 0 Å². The van der Waals surface area contributed by atoms with Gasteiger partial charge in [-0.2, -0.15) is 0 Å². The Bertz CT molecular complexity index is 543. The summed E-state index contributed by atoms with van der Waals surface area (Å²) in [4.78, 5) is 11.3. The second kappa shape index (κ2) is 5.63. The first-order chi connectivity index (χ1) is 8.70. The summed E-state index contributed by atoms with van der Waals surface area (Å²) >= 11 is 0. The van der Waals surface area contributed by atoms with Crippen LogP contribution in [-0.4, -0.2) is 6.29 Å². The number of carbonyl (C=O) groups is 1. The lowest BCUT2D eigenvalue weighted by molar-refractivity contribution is -0.109. The van der Waals surface area contributed by atoms with Crippen molar-refractivity contribution in [3.05, 3.63) is 70.8 Å². The summed E-state index contributed by atoms with van der Waals surface area (Å²) < 4.78 is 0. The van der Waals surface area contributed by atoms with Gasteiger partial charge in [-0.05, 0) is 37.0 Å². The summed E-state index contributed by atoms with van der Waals surface area (Å²) in [5, 5.41) is 0. The van der Waals surface area contributed by atoms with Crippen LogP contribution in [0.25, 0.3) is 0 Å². The molecule has 0 radical (unpaired) electrons. The van der Waals surface area contributed by atoms with Crippen LogP contribution in [0, 0.1) is 13.8 Å². The van der Waals surface area contributed by atoms with Gasteiger partial charge < -0.3 is 4.79 Å². The lowest BCUT2D eigenvalue weighted by Crippen LogP contribution is -2.06. The largest absolute Gasteiger partial charge is 0.303 e. The molecule has 2 aromatic rings. The Labute approximate surface area is 108 Å². The molecule has 0 aromatic heterocycles. The molecule has 0 aliphatic rings. The summed E-state index contributed by atoms with van der Waals surface area (Å²) in [6.07, 6.45) is 1.83. The highest BCUT2D eigenvalue weighted by Gasteiger charge is 2.13. The van der Waals surface area contributed by atoms with Gasteiger partial charge in [0.1, 0.15) is 6.29 Å². The van der Waals surface area contributed by atoms with Crippen LogP contribution in [0.2, 0.25) is 0 Å². The first-order valence-corrected chi connectivity index (χ1v) is 6.27. The highest BCUT2D eigenvalue weighted by atomic mass is 16.1. The molecule has 2 aromatic carbocycles. The minimum Gasteiger partial charge on any atom is -0.303 e. The maximum absolute atomic E-state index is 11.3. The second-order valence-corrected chi connectivity index (χ2v) is 4.79. The van der Waals surface area contributed by atoms with E-state index in [1.165, 1.54) is 16.7 Å². The summed E-state index contributed by atoms with van der Waals surface area (Å²) in [6.45, 7) is 4.13. The Kier molecular flexibility index (Phi) is 3.93. The third-order valence-corrected chi connectivity index (χ3v) is 3.29. The van der Waals surface area contributed by atoms with E-state index < -0.39 is 0 Å². The van der Waals surface area contributed by atoms with Crippen molar-refractivity contribution < 1.29 is 4.79 Å². The first-order valence-electron chi connectivity index (χ1n) is 6.27. The average molecular weight is 238 g/mol. The van der Waals surface area contributed by atoms with Crippen LogP contribution in [-0.2, 0) is 11.2 Å². The van der Waals surface area contributed by atoms with E-state index in [9.17, 15) is 4.79 Å². The van der Waals surface area contributed by atoms with Crippen LogP contribution < -0.4 is 0 Å². The van der Waals surface area contributed by atoms with Gasteiger partial charge in [0, 0.05) is 5.92 Å². The quantitative estimate of drug-likeness (QED) is 0.740. The topological polar surface area (TPSA) is 17.1 Å². The molecule has 92 valence electrons. The van der Waals surface area contributed by atoms with Crippen molar-refractivity contribution in [3.8, 4) is 0 Å². The van der Waals surface area contributed by atoms with Gasteiger partial charge in [-0.15, -0.1) is 0 Å². The number of rotatable bonds is 4. The van der Waals surface area contributed by atoms with E-state index in [4.69, 9.17) is 0 Å². The molecule has 0 aliphatic carbocycles. The molecule has 1 atom stereocenters. The molecular formula is C17H18O. The third-order valence-electron chi connectivity index (χ3n) is 3.29.